The molecule has 2 aromatic carbocycles. The lowest BCUT2D eigenvalue weighted by Crippen LogP contribution is -2.03. The Hall–Kier alpha value is -2.57. The second-order valence-corrected chi connectivity index (χ2v) is 4.31. The van der Waals surface area contributed by atoms with Gasteiger partial charge in [-0.15, -0.1) is 0 Å². The number of nitro groups is 1. The summed E-state index contributed by atoms with van der Waals surface area (Å²) >= 11 is 0. The Bertz CT molecular complexity index is 645. The number of anilines is 1. The molecule has 0 unspecified atom stereocenters. The molecular weight excluding hydrogens is 285 g/mol. The number of hydrogen-bond donors (Lipinski definition) is 1. The number of halogens is 3. The lowest BCUT2D eigenvalue weighted by Gasteiger charge is -2.08. The summed E-state index contributed by atoms with van der Waals surface area (Å²) in [5.41, 5.74) is 0.378. The smallest absolute Gasteiger partial charge is 0.295 e. The number of nitrogens with zero attached hydrogens (tertiary/aromatic N) is 1. The lowest BCUT2D eigenvalue weighted by molar-refractivity contribution is -0.384. The van der Waals surface area contributed by atoms with Crippen molar-refractivity contribution in [3.05, 3.63) is 69.5 Å². The van der Waals surface area contributed by atoms with Crippen molar-refractivity contribution in [3.63, 3.8) is 0 Å². The Labute approximate surface area is 118 Å². The predicted molar refractivity (Wildman–Crippen MR) is 71.8 cm³/mol. The van der Waals surface area contributed by atoms with E-state index in [4.69, 9.17) is 0 Å². The summed E-state index contributed by atoms with van der Waals surface area (Å²) in [5.74, 6) is -0.700. The lowest BCUT2D eigenvalue weighted by atomic mass is 10.1. The van der Waals surface area contributed by atoms with Gasteiger partial charge >= 0.3 is 0 Å². The molecule has 110 valence electrons. The van der Waals surface area contributed by atoms with Crippen LogP contribution in [0.25, 0.3) is 0 Å². The van der Waals surface area contributed by atoms with E-state index in [2.05, 4.69) is 5.32 Å². The summed E-state index contributed by atoms with van der Waals surface area (Å²) in [5, 5.41) is 13.6. The van der Waals surface area contributed by atoms with Crippen LogP contribution < -0.4 is 5.32 Å². The van der Waals surface area contributed by atoms with Gasteiger partial charge in [-0.3, -0.25) is 10.1 Å². The van der Waals surface area contributed by atoms with Crippen LogP contribution in [0.5, 0.6) is 0 Å². The Morgan fingerprint density at radius 3 is 2.38 bits per heavy atom. The van der Waals surface area contributed by atoms with Crippen LogP contribution in [0.4, 0.5) is 24.5 Å². The zero-order valence-electron chi connectivity index (χ0n) is 10.7. The monoisotopic (exact) mass is 296 g/mol. The summed E-state index contributed by atoms with van der Waals surface area (Å²) in [6.07, 6.45) is -2.54. The third-order valence-corrected chi connectivity index (χ3v) is 2.87. The molecule has 1 N–H and O–H groups in total. The molecule has 4 nitrogen and oxygen atoms in total. The summed E-state index contributed by atoms with van der Waals surface area (Å²) in [7, 11) is 0. The maximum Gasteiger partial charge on any atom is 0.295 e. The van der Waals surface area contributed by atoms with Crippen molar-refractivity contribution < 1.29 is 18.1 Å². The standard InChI is InChI=1S/C14H11F3N2O2/c15-11-5-6-12(13(7-11)19(20)21)18-8-9-1-3-10(4-2-9)14(16)17/h1-7,14,18H,8H2. The Morgan fingerprint density at radius 2 is 1.81 bits per heavy atom. The Balaban J connectivity index is 2.11. The van der Waals surface area contributed by atoms with Gasteiger partial charge in [-0.1, -0.05) is 24.3 Å². The van der Waals surface area contributed by atoms with Gasteiger partial charge in [0, 0.05) is 12.1 Å². The first-order valence-electron chi connectivity index (χ1n) is 6.02. The Kier molecular flexibility index (Phi) is 4.42. The van der Waals surface area contributed by atoms with E-state index in [0.29, 0.717) is 5.56 Å². The average Bonchev–Trinajstić information content (AvgIpc) is 2.46. The normalized spacial score (nSPS) is 10.7. The minimum atomic E-state index is -2.54. The van der Waals surface area contributed by atoms with E-state index < -0.39 is 17.2 Å². The van der Waals surface area contributed by atoms with Crippen LogP contribution in [0.15, 0.2) is 42.5 Å². The molecule has 0 fully saturated rings. The maximum absolute atomic E-state index is 13.0. The van der Waals surface area contributed by atoms with E-state index in [1.165, 1.54) is 30.3 Å². The van der Waals surface area contributed by atoms with Crippen molar-refractivity contribution in [1.29, 1.82) is 0 Å². The van der Waals surface area contributed by atoms with Crippen LogP contribution in [-0.2, 0) is 6.54 Å². The van der Waals surface area contributed by atoms with Crippen molar-refractivity contribution in [2.24, 2.45) is 0 Å². The van der Waals surface area contributed by atoms with E-state index in [-0.39, 0.29) is 23.5 Å². The highest BCUT2D eigenvalue weighted by Crippen LogP contribution is 2.26. The molecule has 0 amide bonds. The number of nitro benzene ring substituents is 1. The van der Waals surface area contributed by atoms with E-state index >= 15 is 0 Å². The summed E-state index contributed by atoms with van der Waals surface area (Å²) in [4.78, 5) is 10.1. The van der Waals surface area contributed by atoms with Crippen LogP contribution in [0.2, 0.25) is 0 Å². The zero-order valence-corrected chi connectivity index (χ0v) is 10.7. The maximum atomic E-state index is 13.0. The van der Waals surface area contributed by atoms with Crippen LogP contribution in [0, 0.1) is 15.9 Å². The summed E-state index contributed by atoms with van der Waals surface area (Å²) in [6, 6.07) is 8.79. The topological polar surface area (TPSA) is 55.2 Å². The van der Waals surface area contributed by atoms with Gasteiger partial charge < -0.3 is 5.32 Å². The minimum Gasteiger partial charge on any atom is -0.375 e. The number of benzene rings is 2. The molecule has 0 atom stereocenters. The van der Waals surface area contributed by atoms with E-state index in [9.17, 15) is 23.3 Å². The second kappa shape index (κ2) is 6.25. The van der Waals surface area contributed by atoms with Crippen molar-refractivity contribution in [2.45, 2.75) is 13.0 Å². The highest BCUT2D eigenvalue weighted by Gasteiger charge is 2.14. The van der Waals surface area contributed by atoms with E-state index in [1.807, 2.05) is 0 Å². The van der Waals surface area contributed by atoms with Crippen molar-refractivity contribution in [3.8, 4) is 0 Å². The SMILES string of the molecule is O=[N+]([O-])c1cc(F)ccc1NCc1ccc(C(F)F)cc1. The molecule has 7 heteroatoms. The van der Waals surface area contributed by atoms with Gasteiger partial charge in [-0.2, -0.15) is 0 Å². The van der Waals surface area contributed by atoms with Crippen LogP contribution in [0.1, 0.15) is 17.6 Å². The molecular formula is C14H11F3N2O2. The highest BCUT2D eigenvalue weighted by molar-refractivity contribution is 5.61. The van der Waals surface area contributed by atoms with E-state index in [1.54, 1.807) is 0 Å². The predicted octanol–water partition coefficient (Wildman–Crippen LogP) is 4.28. The molecule has 0 aliphatic carbocycles. The number of rotatable bonds is 5. The van der Waals surface area contributed by atoms with Crippen molar-refractivity contribution in [1.82, 2.24) is 0 Å². The van der Waals surface area contributed by atoms with Gasteiger partial charge in [-0.25, -0.2) is 13.2 Å². The van der Waals surface area contributed by atoms with Crippen molar-refractivity contribution >= 4 is 11.4 Å². The van der Waals surface area contributed by atoms with Gasteiger partial charge in [0.05, 0.1) is 11.0 Å². The number of hydrogen-bond acceptors (Lipinski definition) is 3. The molecule has 21 heavy (non-hydrogen) atoms. The average molecular weight is 296 g/mol. The largest absolute Gasteiger partial charge is 0.375 e. The molecule has 0 spiro atoms. The molecule has 0 saturated carbocycles. The Morgan fingerprint density at radius 1 is 1.14 bits per heavy atom. The third kappa shape index (κ3) is 3.71. The van der Waals surface area contributed by atoms with Gasteiger partial charge in [-0.05, 0) is 17.7 Å². The molecule has 0 bridgehead atoms. The van der Waals surface area contributed by atoms with E-state index in [0.717, 1.165) is 12.1 Å². The minimum absolute atomic E-state index is 0.0912. The van der Waals surface area contributed by atoms with Gasteiger partial charge in [0.25, 0.3) is 12.1 Å². The molecule has 0 radical (unpaired) electrons. The third-order valence-electron chi connectivity index (χ3n) is 2.87. The highest BCUT2D eigenvalue weighted by atomic mass is 19.3. The fourth-order valence-corrected chi connectivity index (χ4v) is 1.78. The molecule has 0 heterocycles. The molecule has 0 aliphatic rings. The fourth-order valence-electron chi connectivity index (χ4n) is 1.78. The van der Waals surface area contributed by atoms with Crippen LogP contribution in [0.3, 0.4) is 0 Å². The fraction of sp³-hybridized carbons (Fsp3) is 0.143. The van der Waals surface area contributed by atoms with Crippen LogP contribution in [-0.4, -0.2) is 4.92 Å². The summed E-state index contributed by atoms with van der Waals surface area (Å²) < 4.78 is 37.8. The molecule has 0 aliphatic heterocycles. The zero-order chi connectivity index (χ0) is 15.4. The first-order valence-corrected chi connectivity index (χ1v) is 6.02. The molecule has 2 aromatic rings. The molecule has 0 saturated heterocycles. The first kappa shape index (κ1) is 14.8. The molecule has 0 aromatic heterocycles. The van der Waals surface area contributed by atoms with Gasteiger partial charge in [0.1, 0.15) is 11.5 Å². The van der Waals surface area contributed by atoms with Crippen molar-refractivity contribution in [2.75, 3.05) is 5.32 Å². The quantitative estimate of drug-likeness (QED) is 0.661. The van der Waals surface area contributed by atoms with Crippen LogP contribution >= 0.6 is 0 Å². The van der Waals surface area contributed by atoms with Gasteiger partial charge in [0.15, 0.2) is 0 Å². The second-order valence-electron chi connectivity index (χ2n) is 4.31. The van der Waals surface area contributed by atoms with Gasteiger partial charge in [0.2, 0.25) is 0 Å². The summed E-state index contributed by atoms with van der Waals surface area (Å²) in [6.45, 7) is 0.204. The number of alkyl halides is 2. The number of nitrogens with one attached hydrogen (secondary N) is 1. The first-order chi connectivity index (χ1) is 9.97. The molecule has 2 rings (SSSR count).